The van der Waals surface area contributed by atoms with Gasteiger partial charge in [-0.3, -0.25) is 0 Å². The molecule has 126 valence electrons. The van der Waals surface area contributed by atoms with E-state index in [2.05, 4.69) is 93.2 Å². The van der Waals surface area contributed by atoms with Gasteiger partial charge in [0.1, 0.15) is 11.7 Å². The summed E-state index contributed by atoms with van der Waals surface area (Å²) in [6.45, 7) is 6.83. The quantitative estimate of drug-likeness (QED) is 0.520. The van der Waals surface area contributed by atoms with E-state index in [1.807, 2.05) is 0 Å². The van der Waals surface area contributed by atoms with Gasteiger partial charge < -0.3 is 9.30 Å². The third-order valence-electron chi connectivity index (χ3n) is 5.88. The Morgan fingerprint density at radius 3 is 2.52 bits per heavy atom. The predicted octanol–water partition coefficient (Wildman–Crippen LogP) is 5.73. The van der Waals surface area contributed by atoms with Gasteiger partial charge in [0.05, 0.1) is 0 Å². The summed E-state index contributed by atoms with van der Waals surface area (Å²) in [6, 6.07) is 15.2. The van der Waals surface area contributed by atoms with Crippen molar-refractivity contribution in [1.82, 2.24) is 4.57 Å². The molecule has 0 fully saturated rings. The van der Waals surface area contributed by atoms with Crippen molar-refractivity contribution >= 4 is 10.9 Å². The van der Waals surface area contributed by atoms with Gasteiger partial charge in [-0.2, -0.15) is 0 Å². The van der Waals surface area contributed by atoms with E-state index < -0.39 is 0 Å². The van der Waals surface area contributed by atoms with Gasteiger partial charge in [-0.05, 0) is 28.7 Å². The lowest BCUT2D eigenvalue weighted by molar-refractivity contribution is -0.0746. The van der Waals surface area contributed by atoms with Crippen LogP contribution in [-0.4, -0.2) is 4.57 Å². The molecule has 1 aromatic heterocycles. The number of aryl methyl sites for hydroxylation is 1. The van der Waals surface area contributed by atoms with Crippen LogP contribution in [0.5, 0.6) is 0 Å². The minimum absolute atomic E-state index is 0.0123. The molecule has 2 unspecified atom stereocenters. The van der Waals surface area contributed by atoms with E-state index in [-0.39, 0.29) is 17.1 Å². The first-order valence-electron chi connectivity index (χ1n) is 8.97. The Morgan fingerprint density at radius 2 is 1.80 bits per heavy atom. The van der Waals surface area contributed by atoms with Crippen LogP contribution in [0.2, 0.25) is 0 Å². The van der Waals surface area contributed by atoms with Crippen molar-refractivity contribution in [2.45, 2.75) is 32.5 Å². The normalized spacial score (nSPS) is 24.2. The fraction of sp³-hybridized carbons (Fsp3) is 0.304. The summed E-state index contributed by atoms with van der Waals surface area (Å²) in [6.07, 6.45) is 6.86. The monoisotopic (exact) mass is 329 g/mol. The zero-order valence-electron chi connectivity index (χ0n) is 15.2. The first-order valence-corrected chi connectivity index (χ1v) is 8.97. The zero-order chi connectivity index (χ0) is 17.4. The van der Waals surface area contributed by atoms with Crippen LogP contribution in [0.1, 0.15) is 38.0 Å². The molecule has 3 heterocycles. The summed E-state index contributed by atoms with van der Waals surface area (Å²) in [7, 11) is 2.13. The van der Waals surface area contributed by atoms with Crippen LogP contribution in [-0.2, 0) is 17.4 Å². The number of hydrogen-bond donors (Lipinski definition) is 0. The minimum atomic E-state index is -0.350. The van der Waals surface area contributed by atoms with Crippen LogP contribution in [0.4, 0.5) is 0 Å². The third kappa shape index (κ3) is 1.78. The van der Waals surface area contributed by atoms with Crippen LogP contribution in [0.3, 0.4) is 0 Å². The van der Waals surface area contributed by atoms with E-state index in [4.69, 9.17) is 4.74 Å². The Hall–Kier alpha value is -2.32. The second kappa shape index (κ2) is 4.64. The molecule has 3 aromatic rings. The van der Waals surface area contributed by atoms with Crippen LogP contribution in [0.15, 0.2) is 60.8 Å². The second-order valence-corrected chi connectivity index (χ2v) is 8.33. The Morgan fingerprint density at radius 1 is 1.04 bits per heavy atom. The molecule has 2 aromatic carbocycles. The lowest BCUT2D eigenvalue weighted by Gasteiger charge is -2.38. The van der Waals surface area contributed by atoms with Crippen LogP contribution in [0.25, 0.3) is 22.0 Å². The molecule has 0 amide bonds. The molecular formula is C23H23NO. The molecule has 0 aliphatic carbocycles. The van der Waals surface area contributed by atoms with Crippen LogP contribution >= 0.6 is 0 Å². The Labute approximate surface area is 148 Å². The van der Waals surface area contributed by atoms with E-state index >= 15 is 0 Å². The number of fused-ring (bicyclic) bond motifs is 7. The van der Waals surface area contributed by atoms with Gasteiger partial charge in [0.2, 0.25) is 0 Å². The van der Waals surface area contributed by atoms with Crippen molar-refractivity contribution in [3.8, 4) is 11.1 Å². The highest BCUT2D eigenvalue weighted by atomic mass is 16.5. The van der Waals surface area contributed by atoms with Gasteiger partial charge in [-0.25, -0.2) is 0 Å². The summed E-state index contributed by atoms with van der Waals surface area (Å²) in [4.78, 5) is 0. The van der Waals surface area contributed by atoms with Crippen molar-refractivity contribution in [3.63, 3.8) is 0 Å². The maximum absolute atomic E-state index is 6.58. The topological polar surface area (TPSA) is 14.2 Å². The van der Waals surface area contributed by atoms with E-state index in [0.29, 0.717) is 0 Å². The maximum atomic E-state index is 6.58. The van der Waals surface area contributed by atoms with Gasteiger partial charge >= 0.3 is 0 Å². The average molecular weight is 329 g/mol. The molecule has 0 spiro atoms. The molecule has 2 bridgehead atoms. The third-order valence-corrected chi connectivity index (χ3v) is 5.88. The van der Waals surface area contributed by atoms with Gasteiger partial charge in [0, 0.05) is 35.3 Å². The molecule has 2 nitrogen and oxygen atoms in total. The van der Waals surface area contributed by atoms with E-state index in [9.17, 15) is 0 Å². The van der Waals surface area contributed by atoms with Crippen molar-refractivity contribution < 1.29 is 4.74 Å². The highest BCUT2D eigenvalue weighted by Crippen LogP contribution is 2.60. The molecule has 2 aliphatic heterocycles. The van der Waals surface area contributed by atoms with Gasteiger partial charge in [-0.1, -0.05) is 63.2 Å². The highest BCUT2D eigenvalue weighted by molar-refractivity contribution is 6.00. The van der Waals surface area contributed by atoms with Crippen molar-refractivity contribution in [3.05, 3.63) is 71.9 Å². The number of nitrogens with zero attached hydrogens (tertiary/aromatic N) is 1. The Kier molecular flexibility index (Phi) is 2.78. The molecule has 0 saturated carbocycles. The molecule has 0 N–H and O–H groups in total. The number of aromatic nitrogens is 1. The highest BCUT2D eigenvalue weighted by Gasteiger charge is 2.54. The fourth-order valence-electron chi connectivity index (χ4n) is 4.59. The molecule has 2 atom stereocenters. The predicted molar refractivity (Wildman–Crippen MR) is 102 cm³/mol. The number of rotatable bonds is 1. The molecular weight excluding hydrogens is 306 g/mol. The SMILES string of the molecule is Cn1cc(-c2ccccc2)c2c3c(ccc21)C1C=CC3(C(C)(C)C)O1. The summed E-state index contributed by atoms with van der Waals surface area (Å²) in [5.41, 5.74) is 6.16. The molecule has 0 saturated heterocycles. The smallest absolute Gasteiger partial charge is 0.118 e. The average Bonchev–Trinajstić information content (AvgIpc) is 3.26. The van der Waals surface area contributed by atoms with E-state index in [1.54, 1.807) is 0 Å². The van der Waals surface area contributed by atoms with Crippen LogP contribution < -0.4 is 0 Å². The van der Waals surface area contributed by atoms with Crippen LogP contribution in [0, 0.1) is 5.41 Å². The van der Waals surface area contributed by atoms with Crippen molar-refractivity contribution in [2.24, 2.45) is 12.5 Å². The van der Waals surface area contributed by atoms with E-state index in [0.717, 1.165) is 0 Å². The molecule has 2 heteroatoms. The lowest BCUT2D eigenvalue weighted by atomic mass is 9.69. The van der Waals surface area contributed by atoms with Gasteiger partial charge in [0.25, 0.3) is 0 Å². The van der Waals surface area contributed by atoms with E-state index in [1.165, 1.54) is 33.2 Å². The summed E-state index contributed by atoms with van der Waals surface area (Å²) in [5, 5.41) is 1.34. The summed E-state index contributed by atoms with van der Waals surface area (Å²) in [5.74, 6) is 0. The minimum Gasteiger partial charge on any atom is -0.354 e. The van der Waals surface area contributed by atoms with Crippen molar-refractivity contribution in [2.75, 3.05) is 0 Å². The first-order chi connectivity index (χ1) is 11.9. The fourth-order valence-corrected chi connectivity index (χ4v) is 4.59. The summed E-state index contributed by atoms with van der Waals surface area (Å²) >= 11 is 0. The largest absolute Gasteiger partial charge is 0.354 e. The molecule has 2 aliphatic rings. The number of benzene rings is 2. The molecule has 0 radical (unpaired) electrons. The lowest BCUT2D eigenvalue weighted by Crippen LogP contribution is -2.37. The zero-order valence-corrected chi connectivity index (χ0v) is 15.2. The molecule has 25 heavy (non-hydrogen) atoms. The Bertz CT molecular complexity index is 1020. The standard InChI is InChI=1S/C23H23NO/c1-22(2,3)23-13-12-19(25-23)16-10-11-18-20(21(16)23)17(14-24(18)4)15-8-6-5-7-9-15/h5-14,19H,1-4H3. The van der Waals surface area contributed by atoms with Crippen molar-refractivity contribution in [1.29, 1.82) is 0 Å². The molecule has 5 rings (SSSR count). The maximum Gasteiger partial charge on any atom is 0.118 e. The van der Waals surface area contributed by atoms with Gasteiger partial charge in [-0.15, -0.1) is 0 Å². The number of hydrogen-bond acceptors (Lipinski definition) is 1. The first kappa shape index (κ1) is 15.0. The summed E-state index contributed by atoms with van der Waals surface area (Å²) < 4.78 is 8.82. The second-order valence-electron chi connectivity index (χ2n) is 8.33. The van der Waals surface area contributed by atoms with Gasteiger partial charge in [0.15, 0.2) is 0 Å². The number of ether oxygens (including phenoxy) is 1. The Balaban J connectivity index is 1.92.